The zero-order valence-electron chi connectivity index (χ0n) is 19.1. The number of rotatable bonds is 8. The molecule has 1 aromatic carbocycles. The van der Waals surface area contributed by atoms with Gasteiger partial charge >= 0.3 is 5.97 Å². The molecule has 0 bridgehead atoms. The third-order valence-corrected chi connectivity index (χ3v) is 6.73. The standard InChI is InChI=1S/C24H27FN4O5/c1-3-26-18(23-27-7-9-34-23)13-6-8-28(11-13)20-17(25)10-15-19(22(20)33-2)29(14-4-5-14)12-16(21(15)30)24(31)32/h7,9-10,12-14,18,26H,3-6,8,11H2,1-2H3,(H,31,32). The zero-order chi connectivity index (χ0) is 24.0. The molecule has 2 aliphatic rings. The van der Waals surface area contributed by atoms with Crippen LogP contribution in [0.2, 0.25) is 0 Å². The number of pyridine rings is 1. The van der Waals surface area contributed by atoms with Gasteiger partial charge in [0, 0.05) is 31.2 Å². The quantitative estimate of drug-likeness (QED) is 0.516. The van der Waals surface area contributed by atoms with Crippen LogP contribution in [0.1, 0.15) is 54.5 Å². The third-order valence-electron chi connectivity index (χ3n) is 6.73. The Hall–Kier alpha value is -3.40. The molecule has 3 heterocycles. The van der Waals surface area contributed by atoms with Gasteiger partial charge < -0.3 is 29.0 Å². The van der Waals surface area contributed by atoms with Gasteiger partial charge in [0.05, 0.1) is 30.3 Å². The highest BCUT2D eigenvalue weighted by Gasteiger charge is 2.36. The van der Waals surface area contributed by atoms with E-state index in [1.807, 2.05) is 11.8 Å². The minimum Gasteiger partial charge on any atom is -0.492 e. The maximum Gasteiger partial charge on any atom is 0.341 e. The van der Waals surface area contributed by atoms with E-state index in [0.717, 1.165) is 31.9 Å². The van der Waals surface area contributed by atoms with Gasteiger partial charge in [0.2, 0.25) is 11.3 Å². The predicted octanol–water partition coefficient (Wildman–Crippen LogP) is 3.35. The first-order valence-electron chi connectivity index (χ1n) is 11.5. The Bertz CT molecular complexity index is 1280. The lowest BCUT2D eigenvalue weighted by atomic mass is 9.98. The Morgan fingerprint density at radius 3 is 2.82 bits per heavy atom. The smallest absolute Gasteiger partial charge is 0.341 e. The van der Waals surface area contributed by atoms with Crippen LogP contribution in [-0.4, -0.2) is 47.4 Å². The van der Waals surface area contributed by atoms with Gasteiger partial charge in [-0.3, -0.25) is 4.79 Å². The van der Waals surface area contributed by atoms with E-state index >= 15 is 4.39 Å². The number of aromatic nitrogens is 2. The zero-order valence-corrected chi connectivity index (χ0v) is 19.1. The molecule has 2 atom stereocenters. The van der Waals surface area contributed by atoms with Gasteiger partial charge in [-0.2, -0.15) is 0 Å². The molecule has 2 unspecified atom stereocenters. The molecule has 1 saturated heterocycles. The molecular weight excluding hydrogens is 443 g/mol. The maximum absolute atomic E-state index is 15.6. The first-order chi connectivity index (χ1) is 16.4. The number of halogens is 1. The molecule has 2 aromatic heterocycles. The van der Waals surface area contributed by atoms with Crippen LogP contribution in [0, 0.1) is 11.7 Å². The first kappa shape index (κ1) is 22.4. The number of hydrogen-bond donors (Lipinski definition) is 2. The molecule has 0 amide bonds. The average Bonchev–Trinajstić information content (AvgIpc) is 3.30. The van der Waals surface area contributed by atoms with Gasteiger partial charge in [-0.15, -0.1) is 0 Å². The number of methoxy groups -OCH3 is 1. The molecule has 5 rings (SSSR count). The van der Waals surface area contributed by atoms with Crippen LogP contribution < -0.4 is 20.4 Å². The highest BCUT2D eigenvalue weighted by Crippen LogP contribution is 2.45. The normalized spacial score (nSPS) is 19.0. The van der Waals surface area contributed by atoms with Crippen LogP contribution in [0.4, 0.5) is 10.1 Å². The Morgan fingerprint density at radius 1 is 1.41 bits per heavy atom. The largest absolute Gasteiger partial charge is 0.492 e. The fourth-order valence-corrected chi connectivity index (χ4v) is 5.05. The fourth-order valence-electron chi connectivity index (χ4n) is 5.05. The lowest BCUT2D eigenvalue weighted by molar-refractivity contribution is 0.0694. The number of fused-ring (bicyclic) bond motifs is 1. The van der Waals surface area contributed by atoms with E-state index in [1.54, 1.807) is 17.0 Å². The molecule has 2 fully saturated rings. The summed E-state index contributed by atoms with van der Waals surface area (Å²) in [5.41, 5.74) is -0.347. The summed E-state index contributed by atoms with van der Waals surface area (Å²) in [4.78, 5) is 30.8. The molecule has 2 N–H and O–H groups in total. The molecular formula is C24H27FN4O5. The number of oxazole rings is 1. The summed E-state index contributed by atoms with van der Waals surface area (Å²) >= 11 is 0. The van der Waals surface area contributed by atoms with Gasteiger partial charge in [0.25, 0.3) is 0 Å². The highest BCUT2D eigenvalue weighted by atomic mass is 19.1. The Labute approximate surface area is 195 Å². The van der Waals surface area contributed by atoms with Gasteiger partial charge in [-0.05, 0) is 31.9 Å². The molecule has 1 aliphatic carbocycles. The number of carboxylic acid groups (broad SMARTS) is 1. The number of anilines is 1. The summed E-state index contributed by atoms with van der Waals surface area (Å²) < 4.78 is 28.6. The topological polar surface area (TPSA) is 110 Å². The molecule has 0 spiro atoms. The number of nitrogens with one attached hydrogen (secondary N) is 1. The second-order valence-corrected chi connectivity index (χ2v) is 8.85. The van der Waals surface area contributed by atoms with E-state index in [1.165, 1.54) is 13.3 Å². The molecule has 9 nitrogen and oxygen atoms in total. The molecule has 10 heteroatoms. The van der Waals surface area contributed by atoms with Crippen molar-refractivity contribution >= 4 is 22.6 Å². The number of hydrogen-bond acceptors (Lipinski definition) is 7. The minimum absolute atomic E-state index is 0.0194. The number of ether oxygens (including phenoxy) is 1. The monoisotopic (exact) mass is 470 g/mol. The van der Waals surface area contributed by atoms with Crippen molar-refractivity contribution in [2.75, 3.05) is 31.6 Å². The molecule has 0 radical (unpaired) electrons. The minimum atomic E-state index is -1.33. The van der Waals surface area contributed by atoms with Crippen molar-refractivity contribution in [1.82, 2.24) is 14.9 Å². The van der Waals surface area contributed by atoms with Crippen LogP contribution in [0.15, 0.2) is 33.9 Å². The van der Waals surface area contributed by atoms with E-state index in [2.05, 4.69) is 10.3 Å². The lowest BCUT2D eigenvalue weighted by Crippen LogP contribution is -2.31. The van der Waals surface area contributed by atoms with Gasteiger partial charge in [-0.25, -0.2) is 14.2 Å². The van der Waals surface area contributed by atoms with Crippen molar-refractivity contribution in [2.45, 2.75) is 38.3 Å². The van der Waals surface area contributed by atoms with Crippen LogP contribution in [0.25, 0.3) is 10.9 Å². The molecule has 3 aromatic rings. The van der Waals surface area contributed by atoms with Crippen LogP contribution in [0.5, 0.6) is 5.75 Å². The summed E-state index contributed by atoms with van der Waals surface area (Å²) in [5.74, 6) is -0.953. The average molecular weight is 471 g/mol. The molecule has 1 saturated carbocycles. The van der Waals surface area contributed by atoms with Crippen LogP contribution >= 0.6 is 0 Å². The summed E-state index contributed by atoms with van der Waals surface area (Å²) in [6, 6.07) is 1.11. The van der Waals surface area contributed by atoms with Crippen LogP contribution in [0.3, 0.4) is 0 Å². The Kier molecular flexibility index (Phi) is 5.76. The lowest BCUT2D eigenvalue weighted by Gasteiger charge is -2.26. The van der Waals surface area contributed by atoms with Crippen molar-refractivity contribution in [3.05, 3.63) is 52.2 Å². The SMILES string of the molecule is CCNC(c1ncco1)C1CCN(c2c(F)cc3c(=O)c(C(=O)O)cn(C4CC4)c3c2OC)C1. The Balaban J connectivity index is 1.60. The fraction of sp³-hybridized carbons (Fsp3) is 0.458. The second kappa shape index (κ2) is 8.75. The van der Waals surface area contributed by atoms with Crippen molar-refractivity contribution in [1.29, 1.82) is 0 Å². The van der Waals surface area contributed by atoms with E-state index in [-0.39, 0.29) is 40.4 Å². The Morgan fingerprint density at radius 2 is 2.21 bits per heavy atom. The first-order valence-corrected chi connectivity index (χ1v) is 11.5. The van der Waals surface area contributed by atoms with Crippen molar-refractivity contribution in [3.63, 3.8) is 0 Å². The molecule has 34 heavy (non-hydrogen) atoms. The number of aromatic carboxylic acids is 1. The van der Waals surface area contributed by atoms with Gasteiger partial charge in [0.15, 0.2) is 11.6 Å². The van der Waals surface area contributed by atoms with Crippen molar-refractivity contribution in [3.8, 4) is 5.75 Å². The summed E-state index contributed by atoms with van der Waals surface area (Å²) in [6.07, 6.45) is 7.03. The van der Waals surface area contributed by atoms with E-state index < -0.39 is 17.2 Å². The molecule has 1 aliphatic heterocycles. The van der Waals surface area contributed by atoms with E-state index in [9.17, 15) is 14.7 Å². The number of benzene rings is 1. The summed E-state index contributed by atoms with van der Waals surface area (Å²) in [5, 5.41) is 13.0. The predicted molar refractivity (Wildman–Crippen MR) is 123 cm³/mol. The summed E-state index contributed by atoms with van der Waals surface area (Å²) in [7, 11) is 1.45. The number of carbonyl (C=O) groups is 1. The number of carboxylic acids is 1. The van der Waals surface area contributed by atoms with E-state index in [0.29, 0.717) is 24.5 Å². The van der Waals surface area contributed by atoms with Gasteiger partial charge in [-0.1, -0.05) is 6.92 Å². The molecule has 180 valence electrons. The van der Waals surface area contributed by atoms with Crippen molar-refractivity contribution in [2.24, 2.45) is 5.92 Å². The van der Waals surface area contributed by atoms with Gasteiger partial charge in [0.1, 0.15) is 17.5 Å². The van der Waals surface area contributed by atoms with Crippen LogP contribution in [-0.2, 0) is 0 Å². The van der Waals surface area contributed by atoms with E-state index in [4.69, 9.17) is 9.15 Å². The second-order valence-electron chi connectivity index (χ2n) is 8.85. The summed E-state index contributed by atoms with van der Waals surface area (Å²) in [6.45, 7) is 3.88. The number of nitrogens with zero attached hydrogens (tertiary/aromatic N) is 3. The maximum atomic E-state index is 15.6. The highest BCUT2D eigenvalue weighted by molar-refractivity contribution is 5.97. The van der Waals surface area contributed by atoms with Crippen molar-refractivity contribution < 1.29 is 23.4 Å². The third kappa shape index (κ3) is 3.71.